The fourth-order valence-electron chi connectivity index (χ4n) is 4.52. The number of aryl methyl sites for hydroxylation is 3. The summed E-state index contributed by atoms with van der Waals surface area (Å²) in [6, 6.07) is 3.94. The summed E-state index contributed by atoms with van der Waals surface area (Å²) in [4.78, 5) is 26.6. The van der Waals surface area contributed by atoms with Gasteiger partial charge in [0.05, 0.1) is 6.61 Å². The molecule has 0 aromatic heterocycles. The molecular formula is C26H41O4P. The summed E-state index contributed by atoms with van der Waals surface area (Å²) in [6.45, 7) is 18.7. The van der Waals surface area contributed by atoms with Crippen molar-refractivity contribution in [3.05, 3.63) is 34.4 Å². The predicted octanol–water partition coefficient (Wildman–Crippen LogP) is 7.27. The zero-order valence-electron chi connectivity index (χ0n) is 20.9. The first-order valence-electron chi connectivity index (χ1n) is 11.3. The van der Waals surface area contributed by atoms with E-state index in [0.717, 1.165) is 29.5 Å². The van der Waals surface area contributed by atoms with Crippen LogP contribution in [0.15, 0.2) is 12.1 Å². The van der Waals surface area contributed by atoms with E-state index in [2.05, 4.69) is 41.5 Å². The topological polar surface area (TPSA) is 60.4 Å². The smallest absolute Gasteiger partial charge is 0.324 e. The van der Waals surface area contributed by atoms with Crippen molar-refractivity contribution in [2.75, 3.05) is 6.61 Å². The predicted molar refractivity (Wildman–Crippen MR) is 128 cm³/mol. The molecule has 4 nitrogen and oxygen atoms in total. The molecule has 0 saturated heterocycles. The van der Waals surface area contributed by atoms with Crippen LogP contribution in [-0.2, 0) is 14.1 Å². The Labute approximate surface area is 190 Å². The summed E-state index contributed by atoms with van der Waals surface area (Å²) in [5, 5.41) is -1.36. The van der Waals surface area contributed by atoms with Gasteiger partial charge in [0.25, 0.3) is 0 Å². The van der Waals surface area contributed by atoms with Crippen LogP contribution in [0.2, 0.25) is 0 Å². The van der Waals surface area contributed by atoms with Crippen LogP contribution in [0.3, 0.4) is 0 Å². The van der Waals surface area contributed by atoms with Crippen molar-refractivity contribution < 1.29 is 18.9 Å². The highest BCUT2D eigenvalue weighted by Crippen LogP contribution is 2.40. The summed E-state index contributed by atoms with van der Waals surface area (Å²) in [6.07, 6.45) is 1.84. The van der Waals surface area contributed by atoms with Crippen LogP contribution >= 0.6 is 8.46 Å². The average molecular weight is 449 g/mol. The fourth-order valence-corrected chi connectivity index (χ4v) is 5.26. The van der Waals surface area contributed by atoms with Crippen molar-refractivity contribution in [3.8, 4) is 0 Å². The molecule has 0 aliphatic heterocycles. The minimum absolute atomic E-state index is 0.0701. The summed E-state index contributed by atoms with van der Waals surface area (Å²) in [7, 11) is -0.350. The van der Waals surface area contributed by atoms with E-state index in [-0.39, 0.29) is 38.6 Å². The molecule has 0 amide bonds. The quantitative estimate of drug-likeness (QED) is 0.203. The molecule has 0 fully saturated rings. The number of ketones is 1. The van der Waals surface area contributed by atoms with Crippen molar-refractivity contribution in [2.45, 2.75) is 93.2 Å². The fraction of sp³-hybridized carbons (Fsp3) is 0.692. The van der Waals surface area contributed by atoms with Crippen molar-refractivity contribution >= 4 is 20.2 Å². The third-order valence-corrected chi connectivity index (χ3v) is 6.41. The van der Waals surface area contributed by atoms with Gasteiger partial charge in [0.15, 0.2) is 19.4 Å². The molecule has 2 unspecified atom stereocenters. The molecule has 2 atom stereocenters. The van der Waals surface area contributed by atoms with E-state index < -0.39 is 11.1 Å². The van der Waals surface area contributed by atoms with Crippen molar-refractivity contribution in [1.29, 1.82) is 0 Å². The molecule has 0 radical (unpaired) electrons. The molecule has 31 heavy (non-hydrogen) atoms. The maximum atomic E-state index is 13.4. The molecule has 174 valence electrons. The van der Waals surface area contributed by atoms with Gasteiger partial charge in [-0.25, -0.2) is 0 Å². The molecular weight excluding hydrogens is 407 g/mol. The first-order valence-corrected chi connectivity index (χ1v) is 12.1. The van der Waals surface area contributed by atoms with Gasteiger partial charge in [-0.1, -0.05) is 59.2 Å². The number of hydrogen-bond donors (Lipinski definition) is 0. The number of carbonyl (C=O) groups is 2. The Morgan fingerprint density at radius 2 is 1.55 bits per heavy atom. The van der Waals surface area contributed by atoms with Crippen LogP contribution < -0.4 is 0 Å². The normalized spacial score (nSPS) is 15.0. The lowest BCUT2D eigenvalue weighted by atomic mass is 9.79. The Morgan fingerprint density at radius 3 is 2.00 bits per heavy atom. The number of carbonyl (C=O) groups excluding carboxylic acids is 2. The molecule has 0 spiro atoms. The van der Waals surface area contributed by atoms with Crippen molar-refractivity contribution in [2.24, 2.45) is 17.3 Å². The van der Waals surface area contributed by atoms with Crippen LogP contribution in [0, 0.1) is 38.0 Å². The summed E-state index contributed by atoms with van der Waals surface area (Å²) < 4.78 is 18.1. The zero-order chi connectivity index (χ0) is 24.0. The summed E-state index contributed by atoms with van der Waals surface area (Å²) in [5.74, 6) is -0.165. The molecule has 0 aliphatic rings. The summed E-state index contributed by atoms with van der Waals surface area (Å²) in [5.41, 5.74) is 3.55. The monoisotopic (exact) mass is 448 g/mol. The average Bonchev–Trinajstić information content (AvgIpc) is 2.57. The Bertz CT molecular complexity index is 768. The second kappa shape index (κ2) is 11.4. The van der Waals surface area contributed by atoms with E-state index in [1.807, 2.05) is 32.9 Å². The van der Waals surface area contributed by atoms with Crippen LogP contribution in [-0.4, -0.2) is 23.5 Å². The minimum atomic E-state index is -1.36. The van der Waals surface area contributed by atoms with E-state index in [1.54, 1.807) is 0 Å². The SMILES string of the molecule is Cc1cc(C)c(C(=O)CC(CC(C)CC(C)(C)C)(P=O)C(=O)OCCC(C)C)c(C)c1. The van der Waals surface area contributed by atoms with Gasteiger partial charge in [-0.15, -0.1) is 0 Å². The zero-order valence-corrected chi connectivity index (χ0v) is 21.8. The van der Waals surface area contributed by atoms with Gasteiger partial charge in [-0.2, -0.15) is 0 Å². The molecule has 1 aromatic carbocycles. The van der Waals surface area contributed by atoms with Crippen LogP contribution in [0.1, 0.15) is 94.3 Å². The van der Waals surface area contributed by atoms with Gasteiger partial charge in [-0.05, 0) is 68.4 Å². The van der Waals surface area contributed by atoms with E-state index >= 15 is 0 Å². The highest BCUT2D eigenvalue weighted by atomic mass is 31.1. The number of benzene rings is 1. The molecule has 1 rings (SSSR count). The molecule has 0 aliphatic carbocycles. The Kier molecular flexibility index (Phi) is 10.1. The first-order chi connectivity index (χ1) is 14.2. The summed E-state index contributed by atoms with van der Waals surface area (Å²) >= 11 is 0. The number of ether oxygens (including phenoxy) is 1. The lowest BCUT2D eigenvalue weighted by molar-refractivity contribution is -0.147. The van der Waals surface area contributed by atoms with E-state index in [0.29, 0.717) is 17.9 Å². The number of hydrogen-bond acceptors (Lipinski definition) is 4. The van der Waals surface area contributed by atoms with Crippen molar-refractivity contribution in [1.82, 2.24) is 0 Å². The Morgan fingerprint density at radius 1 is 1.00 bits per heavy atom. The highest BCUT2D eigenvalue weighted by molar-refractivity contribution is 7.28. The molecule has 0 saturated carbocycles. The highest BCUT2D eigenvalue weighted by Gasteiger charge is 2.45. The molecule has 0 bridgehead atoms. The Balaban J connectivity index is 3.25. The largest absolute Gasteiger partial charge is 0.465 e. The van der Waals surface area contributed by atoms with Gasteiger partial charge in [-0.3, -0.25) is 14.2 Å². The van der Waals surface area contributed by atoms with Crippen LogP contribution in [0.4, 0.5) is 0 Å². The number of esters is 1. The standard InChI is InChI=1S/C26H41O4P/c1-17(2)10-11-30-24(28)26(31-29,15-19(4)14-25(7,8)9)16-22(27)23-20(5)12-18(3)13-21(23)6/h12-13,17,19H,10-11,14-16H2,1-9H3. The molecule has 5 heteroatoms. The van der Waals surface area contributed by atoms with Gasteiger partial charge < -0.3 is 4.74 Å². The van der Waals surface area contributed by atoms with E-state index in [9.17, 15) is 14.2 Å². The van der Waals surface area contributed by atoms with E-state index in [1.165, 1.54) is 0 Å². The minimum Gasteiger partial charge on any atom is -0.465 e. The second-order valence-electron chi connectivity index (χ2n) is 10.9. The van der Waals surface area contributed by atoms with E-state index in [4.69, 9.17) is 4.74 Å². The van der Waals surface area contributed by atoms with Gasteiger partial charge in [0.2, 0.25) is 0 Å². The first kappa shape index (κ1) is 27.5. The lowest BCUT2D eigenvalue weighted by Crippen LogP contribution is -2.39. The number of rotatable bonds is 11. The van der Waals surface area contributed by atoms with Crippen LogP contribution in [0.25, 0.3) is 0 Å². The molecule has 1 aromatic rings. The van der Waals surface area contributed by atoms with Gasteiger partial charge in [0, 0.05) is 12.0 Å². The molecule has 0 heterocycles. The Hall–Kier alpha value is -1.54. The van der Waals surface area contributed by atoms with Crippen molar-refractivity contribution in [3.63, 3.8) is 0 Å². The maximum Gasteiger partial charge on any atom is 0.324 e. The third kappa shape index (κ3) is 8.48. The lowest BCUT2D eigenvalue weighted by Gasteiger charge is -2.31. The van der Waals surface area contributed by atoms with Gasteiger partial charge in [0.1, 0.15) is 0 Å². The number of Topliss-reactive ketones (excluding diaryl/α,β-unsaturated/α-hetero) is 1. The third-order valence-electron chi connectivity index (χ3n) is 5.54. The second-order valence-corrected chi connectivity index (χ2v) is 11.9. The molecule has 0 N–H and O–H groups in total. The maximum absolute atomic E-state index is 13.4. The van der Waals surface area contributed by atoms with Gasteiger partial charge >= 0.3 is 5.97 Å². The van der Waals surface area contributed by atoms with Crippen LogP contribution in [0.5, 0.6) is 0 Å².